The molecular weight excluding hydrogens is 280 g/mol. The molecule has 2 aliphatic heterocycles. The van der Waals surface area contributed by atoms with Crippen LogP contribution in [0.2, 0.25) is 0 Å². The van der Waals surface area contributed by atoms with Crippen molar-refractivity contribution in [1.29, 1.82) is 0 Å². The molecule has 4 heteroatoms. The lowest BCUT2D eigenvalue weighted by Gasteiger charge is -2.35. The van der Waals surface area contributed by atoms with Gasteiger partial charge in [-0.25, -0.2) is 0 Å². The van der Waals surface area contributed by atoms with Gasteiger partial charge in [0.25, 0.3) is 0 Å². The minimum Gasteiger partial charge on any atom is -0.348 e. The van der Waals surface area contributed by atoms with Crippen molar-refractivity contribution in [3.63, 3.8) is 0 Å². The van der Waals surface area contributed by atoms with Gasteiger partial charge in [-0.3, -0.25) is 0 Å². The van der Waals surface area contributed by atoms with Crippen LogP contribution in [0, 0.1) is 10.8 Å². The molecule has 0 aromatic heterocycles. The number of rotatable bonds is 2. The van der Waals surface area contributed by atoms with Gasteiger partial charge >= 0.3 is 0 Å². The molecule has 0 unspecified atom stereocenters. The van der Waals surface area contributed by atoms with E-state index in [0.29, 0.717) is 26.4 Å². The monoisotopic (exact) mass is 306 g/mol. The van der Waals surface area contributed by atoms with Crippen LogP contribution in [0.1, 0.15) is 51.4 Å². The van der Waals surface area contributed by atoms with Crippen LogP contribution in [0.25, 0.3) is 0 Å². The Labute approximate surface area is 132 Å². The Morgan fingerprint density at radius 2 is 0.909 bits per heavy atom. The fourth-order valence-corrected chi connectivity index (χ4v) is 2.58. The molecular formula is C18H26O4. The van der Waals surface area contributed by atoms with Crippen LogP contribution in [0.5, 0.6) is 0 Å². The van der Waals surface area contributed by atoms with Gasteiger partial charge in [-0.1, -0.05) is 52.0 Å². The van der Waals surface area contributed by atoms with E-state index in [0.717, 1.165) is 11.1 Å². The second kappa shape index (κ2) is 5.93. The lowest BCUT2D eigenvalue weighted by molar-refractivity contribution is -0.227. The predicted molar refractivity (Wildman–Crippen MR) is 83.3 cm³/mol. The number of hydrogen-bond acceptors (Lipinski definition) is 4. The number of benzene rings is 1. The van der Waals surface area contributed by atoms with E-state index in [1.165, 1.54) is 0 Å². The van der Waals surface area contributed by atoms with E-state index >= 15 is 0 Å². The highest BCUT2D eigenvalue weighted by Gasteiger charge is 2.31. The molecule has 1 aromatic rings. The Kier molecular flexibility index (Phi) is 4.29. The summed E-state index contributed by atoms with van der Waals surface area (Å²) < 4.78 is 23.2. The molecule has 1 aromatic carbocycles. The molecule has 0 aliphatic carbocycles. The quantitative estimate of drug-likeness (QED) is 0.832. The van der Waals surface area contributed by atoms with E-state index in [4.69, 9.17) is 18.9 Å². The van der Waals surface area contributed by atoms with Gasteiger partial charge < -0.3 is 18.9 Å². The zero-order valence-electron chi connectivity index (χ0n) is 13.9. The SMILES string of the molecule is CC1(C)COC(c2ccc(C3OCC(C)(C)CO3)cc2)OC1. The molecule has 122 valence electrons. The van der Waals surface area contributed by atoms with Crippen molar-refractivity contribution in [3.05, 3.63) is 35.4 Å². The van der Waals surface area contributed by atoms with Crippen LogP contribution in [-0.4, -0.2) is 26.4 Å². The normalized spacial score (nSPS) is 26.0. The van der Waals surface area contributed by atoms with E-state index in [2.05, 4.69) is 27.7 Å². The Hall–Kier alpha value is -0.940. The van der Waals surface area contributed by atoms with E-state index in [1.54, 1.807) is 0 Å². The molecule has 22 heavy (non-hydrogen) atoms. The van der Waals surface area contributed by atoms with Crippen LogP contribution in [0.15, 0.2) is 24.3 Å². The molecule has 2 saturated heterocycles. The fourth-order valence-electron chi connectivity index (χ4n) is 2.58. The molecule has 2 fully saturated rings. The molecule has 0 saturated carbocycles. The van der Waals surface area contributed by atoms with Gasteiger partial charge in [0.15, 0.2) is 12.6 Å². The maximum absolute atomic E-state index is 5.81. The van der Waals surface area contributed by atoms with Crippen LogP contribution in [0.3, 0.4) is 0 Å². The maximum atomic E-state index is 5.81. The molecule has 0 atom stereocenters. The summed E-state index contributed by atoms with van der Waals surface area (Å²) in [4.78, 5) is 0. The first-order valence-corrected chi connectivity index (χ1v) is 7.91. The van der Waals surface area contributed by atoms with Gasteiger partial charge in [0.2, 0.25) is 0 Å². The van der Waals surface area contributed by atoms with Gasteiger partial charge in [-0.15, -0.1) is 0 Å². The summed E-state index contributed by atoms with van der Waals surface area (Å²) in [5.74, 6) is 0. The number of hydrogen-bond donors (Lipinski definition) is 0. The van der Waals surface area contributed by atoms with Crippen molar-refractivity contribution in [2.75, 3.05) is 26.4 Å². The van der Waals surface area contributed by atoms with Crippen molar-refractivity contribution in [3.8, 4) is 0 Å². The first-order chi connectivity index (χ1) is 10.3. The molecule has 2 heterocycles. The lowest BCUT2D eigenvalue weighted by atomic mass is 9.95. The van der Waals surface area contributed by atoms with Gasteiger partial charge in [-0.2, -0.15) is 0 Å². The minimum atomic E-state index is -0.269. The fraction of sp³-hybridized carbons (Fsp3) is 0.667. The Balaban J connectivity index is 1.61. The highest BCUT2D eigenvalue weighted by molar-refractivity contribution is 5.24. The third-order valence-corrected chi connectivity index (χ3v) is 3.98. The Bertz CT molecular complexity index is 439. The average Bonchev–Trinajstić information content (AvgIpc) is 2.48. The van der Waals surface area contributed by atoms with Crippen molar-refractivity contribution in [2.24, 2.45) is 10.8 Å². The van der Waals surface area contributed by atoms with Crippen LogP contribution in [0.4, 0.5) is 0 Å². The van der Waals surface area contributed by atoms with E-state index in [-0.39, 0.29) is 23.4 Å². The van der Waals surface area contributed by atoms with Crippen molar-refractivity contribution in [2.45, 2.75) is 40.3 Å². The summed E-state index contributed by atoms with van der Waals surface area (Å²) in [5, 5.41) is 0. The summed E-state index contributed by atoms with van der Waals surface area (Å²) in [6.45, 7) is 11.4. The topological polar surface area (TPSA) is 36.9 Å². The molecule has 3 rings (SSSR count). The van der Waals surface area contributed by atoms with Crippen molar-refractivity contribution < 1.29 is 18.9 Å². The van der Waals surface area contributed by atoms with Crippen LogP contribution < -0.4 is 0 Å². The summed E-state index contributed by atoms with van der Waals surface area (Å²) in [7, 11) is 0. The summed E-state index contributed by atoms with van der Waals surface area (Å²) in [6.07, 6.45) is -0.539. The van der Waals surface area contributed by atoms with Crippen LogP contribution >= 0.6 is 0 Å². The van der Waals surface area contributed by atoms with Crippen molar-refractivity contribution >= 4 is 0 Å². The second-order valence-electron chi connectivity index (χ2n) is 7.90. The lowest BCUT2D eigenvalue weighted by Crippen LogP contribution is -2.34. The van der Waals surface area contributed by atoms with E-state index in [1.807, 2.05) is 24.3 Å². The van der Waals surface area contributed by atoms with Crippen molar-refractivity contribution in [1.82, 2.24) is 0 Å². The summed E-state index contributed by atoms with van der Waals surface area (Å²) in [6, 6.07) is 8.13. The first-order valence-electron chi connectivity index (χ1n) is 7.91. The first kappa shape index (κ1) is 15.9. The maximum Gasteiger partial charge on any atom is 0.183 e. The second-order valence-corrected chi connectivity index (χ2v) is 7.90. The third kappa shape index (κ3) is 3.69. The van der Waals surface area contributed by atoms with E-state index < -0.39 is 0 Å². The molecule has 0 N–H and O–H groups in total. The number of ether oxygens (including phenoxy) is 4. The standard InChI is InChI=1S/C18H26O4/c1-17(2)9-19-15(20-10-17)13-5-7-14(8-6-13)16-21-11-18(3,4)12-22-16/h5-8,15-16H,9-12H2,1-4H3. The Morgan fingerprint density at radius 1 is 0.636 bits per heavy atom. The van der Waals surface area contributed by atoms with Crippen LogP contribution in [-0.2, 0) is 18.9 Å². The zero-order chi connectivity index (χ0) is 15.8. The van der Waals surface area contributed by atoms with Gasteiger partial charge in [-0.05, 0) is 0 Å². The molecule has 0 spiro atoms. The third-order valence-electron chi connectivity index (χ3n) is 3.98. The van der Waals surface area contributed by atoms with Gasteiger partial charge in [0.1, 0.15) is 0 Å². The Morgan fingerprint density at radius 3 is 1.18 bits per heavy atom. The predicted octanol–water partition coefficient (Wildman–Crippen LogP) is 3.83. The molecule has 0 amide bonds. The average molecular weight is 306 g/mol. The highest BCUT2D eigenvalue weighted by Crippen LogP contribution is 2.34. The highest BCUT2D eigenvalue weighted by atomic mass is 16.7. The molecule has 2 aliphatic rings. The summed E-state index contributed by atoms with van der Waals surface area (Å²) in [5.41, 5.74) is 2.26. The van der Waals surface area contributed by atoms with E-state index in [9.17, 15) is 0 Å². The summed E-state index contributed by atoms with van der Waals surface area (Å²) >= 11 is 0. The largest absolute Gasteiger partial charge is 0.348 e. The minimum absolute atomic E-state index is 0.0903. The molecule has 0 radical (unpaired) electrons. The molecule has 0 bridgehead atoms. The zero-order valence-corrected chi connectivity index (χ0v) is 13.9. The smallest absolute Gasteiger partial charge is 0.183 e. The van der Waals surface area contributed by atoms with Gasteiger partial charge in [0, 0.05) is 22.0 Å². The molecule has 4 nitrogen and oxygen atoms in total. The van der Waals surface area contributed by atoms with Gasteiger partial charge in [0.05, 0.1) is 26.4 Å².